The lowest BCUT2D eigenvalue weighted by Gasteiger charge is -2.29. The molecular weight excluding hydrogens is 281 g/mol. The molecule has 21 heavy (non-hydrogen) atoms. The van der Waals surface area contributed by atoms with Crippen LogP contribution >= 0.6 is 0 Å². The summed E-state index contributed by atoms with van der Waals surface area (Å²) in [5.74, 6) is 0.349. The van der Waals surface area contributed by atoms with Crippen molar-refractivity contribution in [3.8, 4) is 0 Å². The molecule has 1 aromatic rings. The molecule has 0 unspecified atom stereocenters. The maximum atomic E-state index is 12.8. The van der Waals surface area contributed by atoms with Crippen molar-refractivity contribution in [2.75, 3.05) is 5.32 Å². The average molecular weight is 300 g/mol. The van der Waals surface area contributed by atoms with E-state index < -0.39 is 17.8 Å². The Balaban J connectivity index is 2.03. The molecule has 0 bridgehead atoms. The predicted molar refractivity (Wildman–Crippen MR) is 75.0 cm³/mol. The SMILES string of the molecule is C[C@@H]1CCCC[C@@H]1NC(=O)Nc1ccccc1C(F)(F)F. The molecule has 3 nitrogen and oxygen atoms in total. The van der Waals surface area contributed by atoms with Crippen molar-refractivity contribution in [1.82, 2.24) is 5.32 Å². The van der Waals surface area contributed by atoms with Crippen LogP contribution < -0.4 is 10.6 Å². The Morgan fingerprint density at radius 1 is 1.19 bits per heavy atom. The van der Waals surface area contributed by atoms with Crippen LogP contribution in [0.3, 0.4) is 0 Å². The molecule has 116 valence electrons. The van der Waals surface area contributed by atoms with Crippen LogP contribution in [0.1, 0.15) is 38.2 Å². The van der Waals surface area contributed by atoms with Gasteiger partial charge in [-0.15, -0.1) is 0 Å². The van der Waals surface area contributed by atoms with E-state index in [2.05, 4.69) is 10.6 Å². The number of hydrogen-bond acceptors (Lipinski definition) is 1. The molecule has 0 radical (unpaired) electrons. The van der Waals surface area contributed by atoms with Gasteiger partial charge in [-0.2, -0.15) is 13.2 Å². The molecular formula is C15H19F3N2O. The molecule has 0 spiro atoms. The standard InChI is InChI=1S/C15H19F3N2O/c1-10-6-2-4-8-12(10)19-14(21)20-13-9-5-3-7-11(13)15(16,17)18/h3,5,7,9-10,12H,2,4,6,8H2,1H3,(H2,19,20,21)/t10-,12+/m1/s1. The van der Waals surface area contributed by atoms with Crippen LogP contribution in [0, 0.1) is 5.92 Å². The number of para-hydroxylation sites is 1. The van der Waals surface area contributed by atoms with Crippen LogP contribution in [0.2, 0.25) is 0 Å². The van der Waals surface area contributed by atoms with E-state index >= 15 is 0 Å². The Morgan fingerprint density at radius 3 is 2.52 bits per heavy atom. The number of amides is 2. The van der Waals surface area contributed by atoms with Crippen molar-refractivity contribution in [2.24, 2.45) is 5.92 Å². The van der Waals surface area contributed by atoms with Crippen molar-refractivity contribution >= 4 is 11.7 Å². The number of hydrogen-bond donors (Lipinski definition) is 2. The summed E-state index contributed by atoms with van der Waals surface area (Å²) in [4.78, 5) is 11.9. The fraction of sp³-hybridized carbons (Fsp3) is 0.533. The summed E-state index contributed by atoms with van der Waals surface area (Å²) >= 11 is 0. The topological polar surface area (TPSA) is 41.1 Å². The molecule has 1 aromatic carbocycles. The lowest BCUT2D eigenvalue weighted by atomic mass is 9.86. The molecule has 0 heterocycles. The first-order valence-corrected chi connectivity index (χ1v) is 7.11. The van der Waals surface area contributed by atoms with Crippen molar-refractivity contribution in [1.29, 1.82) is 0 Å². The first kappa shape index (κ1) is 15.7. The summed E-state index contributed by atoms with van der Waals surface area (Å²) in [6, 6.07) is 4.43. The number of urea groups is 1. The molecule has 0 aromatic heterocycles. The van der Waals surface area contributed by atoms with Crippen LogP contribution in [0.4, 0.5) is 23.7 Å². The second-order valence-corrected chi connectivity index (χ2v) is 5.51. The molecule has 2 rings (SSSR count). The first-order chi connectivity index (χ1) is 9.88. The number of carbonyl (C=O) groups excluding carboxylic acids is 1. The molecule has 6 heteroatoms. The highest BCUT2D eigenvalue weighted by Crippen LogP contribution is 2.34. The molecule has 1 aliphatic carbocycles. The van der Waals surface area contributed by atoms with Gasteiger partial charge in [-0.3, -0.25) is 0 Å². The van der Waals surface area contributed by atoms with Gasteiger partial charge in [-0.1, -0.05) is 31.9 Å². The first-order valence-electron chi connectivity index (χ1n) is 7.11. The Bertz CT molecular complexity index is 502. The van der Waals surface area contributed by atoms with Gasteiger partial charge in [-0.05, 0) is 30.9 Å². The highest BCUT2D eigenvalue weighted by atomic mass is 19.4. The van der Waals surface area contributed by atoms with E-state index in [0.717, 1.165) is 31.7 Å². The lowest BCUT2D eigenvalue weighted by Crippen LogP contribution is -2.43. The van der Waals surface area contributed by atoms with Crippen molar-refractivity contribution in [2.45, 2.75) is 44.8 Å². The van der Waals surface area contributed by atoms with Crippen LogP contribution in [0.5, 0.6) is 0 Å². The molecule has 0 aliphatic heterocycles. The number of alkyl halides is 3. The van der Waals surface area contributed by atoms with Crippen LogP contribution in [-0.4, -0.2) is 12.1 Å². The van der Waals surface area contributed by atoms with E-state index in [1.165, 1.54) is 18.2 Å². The predicted octanol–water partition coefficient (Wildman–Crippen LogP) is 4.41. The van der Waals surface area contributed by atoms with Gasteiger partial charge in [-0.25, -0.2) is 4.79 Å². The number of nitrogens with one attached hydrogen (secondary N) is 2. The fourth-order valence-electron chi connectivity index (χ4n) is 2.70. The van der Waals surface area contributed by atoms with Crippen LogP contribution in [0.25, 0.3) is 0 Å². The zero-order valence-corrected chi connectivity index (χ0v) is 11.8. The Morgan fingerprint density at radius 2 is 1.86 bits per heavy atom. The summed E-state index contributed by atoms with van der Waals surface area (Å²) in [5.41, 5.74) is -1.05. The molecule has 1 aliphatic rings. The zero-order valence-electron chi connectivity index (χ0n) is 11.8. The van der Waals surface area contributed by atoms with E-state index in [0.29, 0.717) is 5.92 Å². The summed E-state index contributed by atoms with van der Waals surface area (Å²) in [5, 5.41) is 5.09. The van der Waals surface area contributed by atoms with Gasteiger partial charge in [0.05, 0.1) is 11.3 Å². The van der Waals surface area contributed by atoms with Gasteiger partial charge in [0.1, 0.15) is 0 Å². The quantitative estimate of drug-likeness (QED) is 0.834. The van der Waals surface area contributed by atoms with E-state index in [-0.39, 0.29) is 11.7 Å². The van der Waals surface area contributed by atoms with E-state index in [1.54, 1.807) is 0 Å². The van der Waals surface area contributed by atoms with E-state index in [1.807, 2.05) is 6.92 Å². The van der Waals surface area contributed by atoms with Crippen LogP contribution in [-0.2, 0) is 6.18 Å². The minimum Gasteiger partial charge on any atom is -0.335 e. The third-order valence-corrected chi connectivity index (χ3v) is 3.91. The van der Waals surface area contributed by atoms with Crippen molar-refractivity contribution in [3.63, 3.8) is 0 Å². The molecule has 0 saturated heterocycles. The molecule has 2 amide bonds. The minimum absolute atomic E-state index is 0.0248. The maximum absolute atomic E-state index is 12.8. The summed E-state index contributed by atoms with van der Waals surface area (Å²) in [6.07, 6.45) is -0.409. The monoisotopic (exact) mass is 300 g/mol. The highest BCUT2D eigenvalue weighted by molar-refractivity contribution is 5.90. The zero-order chi connectivity index (χ0) is 15.5. The normalized spacial score (nSPS) is 22.7. The Labute approximate surface area is 121 Å². The number of halogens is 3. The third-order valence-electron chi connectivity index (χ3n) is 3.91. The summed E-state index contributed by atoms with van der Waals surface area (Å²) < 4.78 is 38.5. The Kier molecular flexibility index (Phi) is 4.75. The van der Waals surface area contributed by atoms with Gasteiger partial charge in [0.25, 0.3) is 0 Å². The second kappa shape index (κ2) is 6.37. The van der Waals surface area contributed by atoms with E-state index in [4.69, 9.17) is 0 Å². The summed E-state index contributed by atoms with van der Waals surface area (Å²) in [7, 11) is 0. The number of carbonyl (C=O) groups is 1. The van der Waals surface area contributed by atoms with Crippen LogP contribution in [0.15, 0.2) is 24.3 Å². The molecule has 1 saturated carbocycles. The fourth-order valence-corrected chi connectivity index (χ4v) is 2.70. The van der Waals surface area contributed by atoms with Gasteiger partial charge < -0.3 is 10.6 Å². The molecule has 1 fully saturated rings. The smallest absolute Gasteiger partial charge is 0.335 e. The van der Waals surface area contributed by atoms with Gasteiger partial charge in [0.2, 0.25) is 0 Å². The highest BCUT2D eigenvalue weighted by Gasteiger charge is 2.33. The minimum atomic E-state index is -4.48. The van der Waals surface area contributed by atoms with E-state index in [9.17, 15) is 18.0 Å². The average Bonchev–Trinajstić information content (AvgIpc) is 2.41. The Hall–Kier alpha value is -1.72. The molecule has 2 N–H and O–H groups in total. The third kappa shape index (κ3) is 4.12. The second-order valence-electron chi connectivity index (χ2n) is 5.51. The number of rotatable bonds is 2. The maximum Gasteiger partial charge on any atom is 0.418 e. The van der Waals surface area contributed by atoms with Gasteiger partial charge in [0.15, 0.2) is 0 Å². The molecule has 2 atom stereocenters. The number of anilines is 1. The van der Waals surface area contributed by atoms with Gasteiger partial charge >= 0.3 is 12.2 Å². The largest absolute Gasteiger partial charge is 0.418 e. The number of benzene rings is 1. The van der Waals surface area contributed by atoms with Crippen molar-refractivity contribution in [3.05, 3.63) is 29.8 Å². The summed E-state index contributed by atoms with van der Waals surface area (Å²) in [6.45, 7) is 2.05. The van der Waals surface area contributed by atoms with Crippen molar-refractivity contribution < 1.29 is 18.0 Å². The van der Waals surface area contributed by atoms with Gasteiger partial charge in [0, 0.05) is 6.04 Å². The lowest BCUT2D eigenvalue weighted by molar-refractivity contribution is -0.136.